The zero-order valence-corrected chi connectivity index (χ0v) is 8.94. The first-order chi connectivity index (χ1) is 7.22. The van der Waals surface area contributed by atoms with E-state index in [9.17, 15) is 4.79 Å². The molecule has 1 aromatic rings. The first-order valence-electron chi connectivity index (χ1n) is 5.53. The van der Waals surface area contributed by atoms with Crippen molar-refractivity contribution in [3.8, 4) is 0 Å². The zero-order valence-electron chi connectivity index (χ0n) is 8.94. The first kappa shape index (κ1) is 10.2. The summed E-state index contributed by atoms with van der Waals surface area (Å²) >= 11 is 0. The molecule has 0 spiro atoms. The van der Waals surface area contributed by atoms with Crippen LogP contribution in [0, 0.1) is 0 Å². The van der Waals surface area contributed by atoms with Crippen molar-refractivity contribution in [1.82, 2.24) is 9.78 Å². The lowest BCUT2D eigenvalue weighted by Crippen LogP contribution is -2.03. The lowest BCUT2D eigenvalue weighted by atomic mass is 10.0. The monoisotopic (exact) mass is 208 g/mol. The maximum absolute atomic E-state index is 11.1. The third kappa shape index (κ3) is 1.89. The summed E-state index contributed by atoms with van der Waals surface area (Å²) in [5, 5.41) is 13.4. The van der Waals surface area contributed by atoms with Gasteiger partial charge in [0, 0.05) is 18.7 Å². The largest absolute Gasteiger partial charge is 0.478 e. The van der Waals surface area contributed by atoms with Gasteiger partial charge in [0.2, 0.25) is 0 Å². The minimum Gasteiger partial charge on any atom is -0.478 e. The van der Waals surface area contributed by atoms with Crippen LogP contribution in [0.3, 0.4) is 0 Å². The van der Waals surface area contributed by atoms with Crippen LogP contribution in [0.25, 0.3) is 0 Å². The van der Waals surface area contributed by atoms with Crippen LogP contribution in [0.1, 0.15) is 54.6 Å². The number of aromatic carboxylic acids is 1. The Morgan fingerprint density at radius 2 is 2.27 bits per heavy atom. The van der Waals surface area contributed by atoms with Crippen molar-refractivity contribution >= 4 is 5.97 Å². The van der Waals surface area contributed by atoms with Gasteiger partial charge in [-0.25, -0.2) is 4.79 Å². The lowest BCUT2D eigenvalue weighted by molar-refractivity contribution is 0.0695. The number of carboxylic acid groups (broad SMARTS) is 1. The zero-order chi connectivity index (χ0) is 10.8. The van der Waals surface area contributed by atoms with E-state index in [1.165, 1.54) is 12.8 Å². The predicted octanol–water partition coefficient (Wildman–Crippen LogP) is 2.26. The van der Waals surface area contributed by atoms with E-state index in [0.29, 0.717) is 11.5 Å². The molecule has 1 fully saturated rings. The van der Waals surface area contributed by atoms with Crippen LogP contribution in [-0.2, 0) is 6.54 Å². The maximum Gasteiger partial charge on any atom is 0.339 e. The van der Waals surface area contributed by atoms with Gasteiger partial charge in [0.05, 0.1) is 5.69 Å². The van der Waals surface area contributed by atoms with Gasteiger partial charge in [0.15, 0.2) is 0 Å². The quantitative estimate of drug-likeness (QED) is 0.828. The second-order valence-corrected chi connectivity index (χ2v) is 4.07. The molecule has 1 aliphatic rings. The summed E-state index contributed by atoms with van der Waals surface area (Å²) in [6, 6.07) is 0. The number of aryl methyl sites for hydroxylation is 1. The molecule has 0 aromatic carbocycles. The Hall–Kier alpha value is -1.32. The second kappa shape index (κ2) is 4.04. The summed E-state index contributed by atoms with van der Waals surface area (Å²) in [5.74, 6) is -0.486. The van der Waals surface area contributed by atoms with Crippen LogP contribution in [0.5, 0.6) is 0 Å². The Morgan fingerprint density at radius 1 is 1.60 bits per heavy atom. The highest BCUT2D eigenvalue weighted by Gasteiger charge is 2.25. The molecule has 82 valence electrons. The SMILES string of the molecule is CCn1cc(C(=O)O)c(C2CCCC2)n1. The fraction of sp³-hybridized carbons (Fsp3) is 0.636. The molecule has 2 rings (SSSR count). The molecule has 4 nitrogen and oxygen atoms in total. The molecule has 4 heteroatoms. The molecule has 1 N–H and O–H groups in total. The summed E-state index contributed by atoms with van der Waals surface area (Å²) in [6.07, 6.45) is 6.21. The van der Waals surface area contributed by atoms with Gasteiger partial charge >= 0.3 is 5.97 Å². The van der Waals surface area contributed by atoms with Gasteiger partial charge in [-0.2, -0.15) is 5.10 Å². The molecule has 0 unspecified atom stereocenters. The normalized spacial score (nSPS) is 17.1. The lowest BCUT2D eigenvalue weighted by Gasteiger charge is -2.05. The summed E-state index contributed by atoms with van der Waals surface area (Å²) in [4.78, 5) is 11.1. The fourth-order valence-electron chi connectivity index (χ4n) is 2.26. The molecular weight excluding hydrogens is 192 g/mol. The number of nitrogens with zero attached hydrogens (tertiary/aromatic N) is 2. The topological polar surface area (TPSA) is 55.1 Å². The molecule has 0 atom stereocenters. The van der Waals surface area contributed by atoms with Crippen molar-refractivity contribution in [3.05, 3.63) is 17.5 Å². The van der Waals surface area contributed by atoms with E-state index >= 15 is 0 Å². The maximum atomic E-state index is 11.1. The van der Waals surface area contributed by atoms with Crippen LogP contribution in [0.4, 0.5) is 0 Å². The molecular formula is C11H16N2O2. The highest BCUT2D eigenvalue weighted by Crippen LogP contribution is 2.34. The Labute approximate surface area is 88.9 Å². The van der Waals surface area contributed by atoms with Crippen molar-refractivity contribution in [2.24, 2.45) is 0 Å². The summed E-state index contributed by atoms with van der Waals surface area (Å²) in [5.41, 5.74) is 1.19. The second-order valence-electron chi connectivity index (χ2n) is 4.07. The number of rotatable bonds is 3. The number of carbonyl (C=O) groups is 1. The van der Waals surface area contributed by atoms with E-state index in [0.717, 1.165) is 25.1 Å². The summed E-state index contributed by atoms with van der Waals surface area (Å²) in [6.45, 7) is 2.70. The van der Waals surface area contributed by atoms with Crippen molar-refractivity contribution < 1.29 is 9.90 Å². The fourth-order valence-corrected chi connectivity index (χ4v) is 2.26. The van der Waals surface area contributed by atoms with Crippen LogP contribution < -0.4 is 0 Å². The van der Waals surface area contributed by atoms with Gasteiger partial charge in [0.25, 0.3) is 0 Å². The first-order valence-corrected chi connectivity index (χ1v) is 5.53. The summed E-state index contributed by atoms with van der Waals surface area (Å²) in [7, 11) is 0. The predicted molar refractivity (Wildman–Crippen MR) is 56.1 cm³/mol. The highest BCUT2D eigenvalue weighted by molar-refractivity contribution is 5.88. The van der Waals surface area contributed by atoms with E-state index < -0.39 is 5.97 Å². The molecule has 1 saturated carbocycles. The van der Waals surface area contributed by atoms with E-state index in [2.05, 4.69) is 5.10 Å². The minimum atomic E-state index is -0.850. The third-order valence-electron chi connectivity index (χ3n) is 3.09. The van der Waals surface area contributed by atoms with E-state index in [1.807, 2.05) is 6.92 Å². The third-order valence-corrected chi connectivity index (χ3v) is 3.09. The van der Waals surface area contributed by atoms with Crippen molar-refractivity contribution in [1.29, 1.82) is 0 Å². The van der Waals surface area contributed by atoms with Crippen LogP contribution in [-0.4, -0.2) is 20.9 Å². The number of carboxylic acids is 1. The van der Waals surface area contributed by atoms with Crippen LogP contribution in [0.15, 0.2) is 6.20 Å². The van der Waals surface area contributed by atoms with Gasteiger partial charge in [-0.1, -0.05) is 12.8 Å². The Kier molecular flexibility index (Phi) is 2.75. The molecule has 1 heterocycles. The van der Waals surface area contributed by atoms with E-state index in [1.54, 1.807) is 10.9 Å². The number of aromatic nitrogens is 2. The van der Waals surface area contributed by atoms with Gasteiger partial charge < -0.3 is 5.11 Å². The summed E-state index contributed by atoms with van der Waals surface area (Å²) < 4.78 is 1.72. The molecule has 15 heavy (non-hydrogen) atoms. The van der Waals surface area contributed by atoms with E-state index in [-0.39, 0.29) is 0 Å². The van der Waals surface area contributed by atoms with Crippen molar-refractivity contribution in [2.45, 2.75) is 45.1 Å². The van der Waals surface area contributed by atoms with Gasteiger partial charge in [-0.3, -0.25) is 4.68 Å². The number of hydrogen-bond acceptors (Lipinski definition) is 2. The Morgan fingerprint density at radius 3 is 2.80 bits per heavy atom. The molecule has 0 amide bonds. The average molecular weight is 208 g/mol. The van der Waals surface area contributed by atoms with Crippen LogP contribution in [0.2, 0.25) is 0 Å². The molecule has 0 aliphatic heterocycles. The average Bonchev–Trinajstić information content (AvgIpc) is 2.86. The molecule has 0 bridgehead atoms. The Balaban J connectivity index is 2.34. The smallest absolute Gasteiger partial charge is 0.339 e. The van der Waals surface area contributed by atoms with E-state index in [4.69, 9.17) is 5.11 Å². The number of hydrogen-bond donors (Lipinski definition) is 1. The van der Waals surface area contributed by atoms with Gasteiger partial charge in [-0.15, -0.1) is 0 Å². The van der Waals surface area contributed by atoms with Gasteiger partial charge in [0.1, 0.15) is 5.56 Å². The van der Waals surface area contributed by atoms with Crippen molar-refractivity contribution in [2.75, 3.05) is 0 Å². The Bertz CT molecular complexity index is 365. The molecule has 0 radical (unpaired) electrons. The standard InChI is InChI=1S/C11H16N2O2/c1-2-13-7-9(11(14)15)10(12-13)8-5-3-4-6-8/h7-8H,2-6H2,1H3,(H,14,15). The molecule has 1 aliphatic carbocycles. The molecule has 0 saturated heterocycles. The minimum absolute atomic E-state index is 0.365. The van der Waals surface area contributed by atoms with Crippen molar-refractivity contribution in [3.63, 3.8) is 0 Å². The van der Waals surface area contributed by atoms with Crippen LogP contribution >= 0.6 is 0 Å². The van der Waals surface area contributed by atoms with Gasteiger partial charge in [-0.05, 0) is 19.8 Å². The molecule has 1 aromatic heterocycles. The highest BCUT2D eigenvalue weighted by atomic mass is 16.4.